The standard InChI is InChI=1S/C18H24O3/c1-11-6-17(20-2)18(21-3)10-15(11)16(19)9-14-8-12-4-5-13(14)7-12/h6,10,12-14H,4-5,7-9H2,1-3H3. The fraction of sp³-hybridized carbons (Fsp3) is 0.611. The quantitative estimate of drug-likeness (QED) is 0.768. The largest absolute Gasteiger partial charge is 0.493 e. The summed E-state index contributed by atoms with van der Waals surface area (Å²) in [4.78, 5) is 12.7. The van der Waals surface area contributed by atoms with Crippen LogP contribution < -0.4 is 9.47 Å². The van der Waals surface area contributed by atoms with Gasteiger partial charge in [-0.05, 0) is 61.6 Å². The molecule has 3 rings (SSSR count). The number of fused-ring (bicyclic) bond motifs is 2. The van der Waals surface area contributed by atoms with Crippen LogP contribution in [0.25, 0.3) is 0 Å². The van der Waals surface area contributed by atoms with Gasteiger partial charge in [-0.3, -0.25) is 4.79 Å². The van der Waals surface area contributed by atoms with E-state index in [-0.39, 0.29) is 5.78 Å². The third kappa shape index (κ3) is 2.66. The van der Waals surface area contributed by atoms with Crippen LogP contribution in [-0.4, -0.2) is 20.0 Å². The van der Waals surface area contributed by atoms with Gasteiger partial charge in [0.05, 0.1) is 14.2 Å². The van der Waals surface area contributed by atoms with E-state index in [4.69, 9.17) is 9.47 Å². The predicted octanol–water partition coefficient (Wildman–Crippen LogP) is 4.02. The van der Waals surface area contributed by atoms with Crippen molar-refractivity contribution in [3.05, 3.63) is 23.3 Å². The number of ketones is 1. The molecule has 0 radical (unpaired) electrons. The van der Waals surface area contributed by atoms with Gasteiger partial charge in [-0.15, -0.1) is 0 Å². The zero-order valence-electron chi connectivity index (χ0n) is 13.1. The van der Waals surface area contributed by atoms with Crippen molar-refractivity contribution >= 4 is 5.78 Å². The number of benzene rings is 1. The summed E-state index contributed by atoms with van der Waals surface area (Å²) in [6.07, 6.45) is 6.00. The first-order chi connectivity index (χ1) is 10.1. The Labute approximate surface area is 126 Å². The van der Waals surface area contributed by atoms with Crippen LogP contribution in [0.15, 0.2) is 12.1 Å². The molecule has 2 aliphatic rings. The fourth-order valence-corrected chi connectivity index (χ4v) is 4.26. The molecule has 1 aromatic carbocycles. The fourth-order valence-electron chi connectivity index (χ4n) is 4.26. The minimum atomic E-state index is 0.256. The Balaban J connectivity index is 1.78. The lowest BCUT2D eigenvalue weighted by atomic mass is 9.83. The van der Waals surface area contributed by atoms with Crippen molar-refractivity contribution in [2.45, 2.75) is 39.0 Å². The Hall–Kier alpha value is -1.51. The van der Waals surface area contributed by atoms with Crippen LogP contribution in [0.5, 0.6) is 11.5 Å². The van der Waals surface area contributed by atoms with Crippen molar-refractivity contribution in [3.63, 3.8) is 0 Å². The van der Waals surface area contributed by atoms with Crippen molar-refractivity contribution in [1.29, 1.82) is 0 Å². The molecule has 2 bridgehead atoms. The van der Waals surface area contributed by atoms with Crippen LogP contribution >= 0.6 is 0 Å². The zero-order valence-corrected chi connectivity index (χ0v) is 13.1. The number of carbonyl (C=O) groups is 1. The molecule has 114 valence electrons. The molecule has 3 atom stereocenters. The molecule has 1 aromatic rings. The highest BCUT2D eigenvalue weighted by Gasteiger charge is 2.40. The van der Waals surface area contributed by atoms with E-state index >= 15 is 0 Å². The van der Waals surface area contributed by atoms with Gasteiger partial charge in [0.2, 0.25) is 0 Å². The second kappa shape index (κ2) is 5.70. The van der Waals surface area contributed by atoms with Crippen LogP contribution in [0.2, 0.25) is 0 Å². The van der Waals surface area contributed by atoms with Gasteiger partial charge in [0.1, 0.15) is 0 Å². The maximum absolute atomic E-state index is 12.7. The van der Waals surface area contributed by atoms with Crippen LogP contribution in [0.3, 0.4) is 0 Å². The average molecular weight is 288 g/mol. The molecule has 0 spiro atoms. The molecule has 2 fully saturated rings. The highest BCUT2D eigenvalue weighted by Crippen LogP contribution is 2.50. The second-order valence-corrected chi connectivity index (χ2v) is 6.58. The summed E-state index contributed by atoms with van der Waals surface area (Å²) in [5, 5.41) is 0. The van der Waals surface area contributed by atoms with E-state index < -0.39 is 0 Å². The number of Topliss-reactive ketones (excluding diaryl/α,β-unsaturated/α-hetero) is 1. The van der Waals surface area contributed by atoms with E-state index in [9.17, 15) is 4.79 Å². The van der Waals surface area contributed by atoms with E-state index in [2.05, 4.69) is 0 Å². The van der Waals surface area contributed by atoms with Gasteiger partial charge in [-0.2, -0.15) is 0 Å². The summed E-state index contributed by atoms with van der Waals surface area (Å²) in [5.74, 6) is 3.86. The maximum Gasteiger partial charge on any atom is 0.163 e. The lowest BCUT2D eigenvalue weighted by molar-refractivity contribution is 0.0943. The zero-order chi connectivity index (χ0) is 15.0. The molecule has 0 saturated heterocycles. The lowest BCUT2D eigenvalue weighted by Crippen LogP contribution is -2.16. The van der Waals surface area contributed by atoms with Gasteiger partial charge < -0.3 is 9.47 Å². The highest BCUT2D eigenvalue weighted by atomic mass is 16.5. The van der Waals surface area contributed by atoms with Gasteiger partial charge in [0.15, 0.2) is 17.3 Å². The van der Waals surface area contributed by atoms with E-state index in [1.165, 1.54) is 25.7 Å². The van der Waals surface area contributed by atoms with Gasteiger partial charge >= 0.3 is 0 Å². The van der Waals surface area contributed by atoms with Crippen LogP contribution in [0, 0.1) is 24.7 Å². The molecule has 0 aliphatic heterocycles. The molecule has 0 amide bonds. The molecule has 0 aromatic heterocycles. The number of hydrogen-bond donors (Lipinski definition) is 0. The number of aryl methyl sites for hydroxylation is 1. The Morgan fingerprint density at radius 1 is 1.14 bits per heavy atom. The molecule has 2 aliphatic carbocycles. The number of ether oxygens (including phenoxy) is 2. The molecule has 3 heteroatoms. The first kappa shape index (κ1) is 14.4. The minimum Gasteiger partial charge on any atom is -0.493 e. The first-order valence-electron chi connectivity index (χ1n) is 7.88. The van der Waals surface area contributed by atoms with Crippen molar-refractivity contribution in [2.75, 3.05) is 14.2 Å². The van der Waals surface area contributed by atoms with Crippen molar-refractivity contribution in [1.82, 2.24) is 0 Å². The smallest absolute Gasteiger partial charge is 0.163 e. The van der Waals surface area contributed by atoms with Gasteiger partial charge in [-0.1, -0.05) is 6.42 Å². The third-order valence-corrected chi connectivity index (χ3v) is 5.36. The summed E-state index contributed by atoms with van der Waals surface area (Å²) >= 11 is 0. The number of rotatable bonds is 5. The van der Waals surface area contributed by atoms with Crippen molar-refractivity contribution in [2.24, 2.45) is 17.8 Å². The Morgan fingerprint density at radius 2 is 1.86 bits per heavy atom. The van der Waals surface area contributed by atoms with E-state index in [1.54, 1.807) is 14.2 Å². The average Bonchev–Trinajstić information content (AvgIpc) is 3.09. The number of hydrogen-bond acceptors (Lipinski definition) is 3. The summed E-state index contributed by atoms with van der Waals surface area (Å²) < 4.78 is 10.6. The maximum atomic E-state index is 12.7. The molecule has 21 heavy (non-hydrogen) atoms. The van der Waals surface area contributed by atoms with Gasteiger partial charge in [0.25, 0.3) is 0 Å². The topological polar surface area (TPSA) is 35.5 Å². The third-order valence-electron chi connectivity index (χ3n) is 5.36. The number of carbonyl (C=O) groups excluding carboxylic acids is 1. The molecule has 3 unspecified atom stereocenters. The normalized spacial score (nSPS) is 26.9. The summed E-state index contributed by atoms with van der Waals surface area (Å²) in [6, 6.07) is 3.73. The summed E-state index contributed by atoms with van der Waals surface area (Å²) in [7, 11) is 3.23. The van der Waals surface area contributed by atoms with Crippen LogP contribution in [-0.2, 0) is 0 Å². The number of methoxy groups -OCH3 is 2. The van der Waals surface area contributed by atoms with Gasteiger partial charge in [-0.25, -0.2) is 0 Å². The molecule has 3 nitrogen and oxygen atoms in total. The van der Waals surface area contributed by atoms with Gasteiger partial charge in [0, 0.05) is 12.0 Å². The lowest BCUT2D eigenvalue weighted by Gasteiger charge is -2.21. The van der Waals surface area contributed by atoms with Crippen molar-refractivity contribution < 1.29 is 14.3 Å². The molecule has 2 saturated carbocycles. The molecular formula is C18H24O3. The first-order valence-corrected chi connectivity index (χ1v) is 7.88. The minimum absolute atomic E-state index is 0.256. The molecular weight excluding hydrogens is 264 g/mol. The van der Waals surface area contributed by atoms with Crippen molar-refractivity contribution in [3.8, 4) is 11.5 Å². The van der Waals surface area contributed by atoms with Crippen LogP contribution in [0.1, 0.15) is 48.0 Å². The van der Waals surface area contributed by atoms with E-state index in [0.29, 0.717) is 23.8 Å². The Kier molecular flexibility index (Phi) is 3.92. The van der Waals surface area contributed by atoms with E-state index in [1.807, 2.05) is 19.1 Å². The monoisotopic (exact) mass is 288 g/mol. The summed E-state index contributed by atoms with van der Waals surface area (Å²) in [5.41, 5.74) is 1.76. The summed E-state index contributed by atoms with van der Waals surface area (Å²) in [6.45, 7) is 1.97. The predicted molar refractivity (Wildman–Crippen MR) is 82.2 cm³/mol. The second-order valence-electron chi connectivity index (χ2n) is 6.58. The highest BCUT2D eigenvalue weighted by molar-refractivity contribution is 5.98. The Morgan fingerprint density at radius 3 is 2.43 bits per heavy atom. The van der Waals surface area contributed by atoms with Crippen LogP contribution in [0.4, 0.5) is 0 Å². The SMILES string of the molecule is COc1cc(C)c(C(=O)CC2CC3CCC2C3)cc1OC. The molecule has 0 N–H and O–H groups in total. The molecule has 0 heterocycles. The Bertz CT molecular complexity index is 550. The van der Waals surface area contributed by atoms with E-state index in [0.717, 1.165) is 23.0 Å².